The maximum atomic E-state index is 12.3. The number of hydrogen-bond donors (Lipinski definition) is 3. The summed E-state index contributed by atoms with van der Waals surface area (Å²) >= 11 is 1.21. The normalized spacial score (nSPS) is 10.8. The van der Waals surface area contributed by atoms with Gasteiger partial charge in [-0.2, -0.15) is 0 Å². The number of phenolic OH excluding ortho intramolecular Hbond substituents is 2. The summed E-state index contributed by atoms with van der Waals surface area (Å²) in [6.45, 7) is 2.71. The number of benzene rings is 2. The fourth-order valence-corrected chi connectivity index (χ4v) is 3.12. The quantitative estimate of drug-likeness (QED) is 0.354. The lowest BCUT2D eigenvalue weighted by molar-refractivity contribution is 0.102. The number of thioether (sulfide) groups is 1. The van der Waals surface area contributed by atoms with Gasteiger partial charge in [-0.3, -0.25) is 4.79 Å². The van der Waals surface area contributed by atoms with Crippen molar-refractivity contribution in [1.29, 1.82) is 0 Å². The number of fused-ring (bicyclic) bond motifs is 1. The number of aromatic hydroxyl groups is 2. The molecule has 0 spiro atoms. The van der Waals surface area contributed by atoms with Crippen molar-refractivity contribution in [3.05, 3.63) is 48.0 Å². The molecule has 0 radical (unpaired) electrons. The van der Waals surface area contributed by atoms with Crippen LogP contribution in [0.2, 0.25) is 0 Å². The number of rotatable bonds is 6. The van der Waals surface area contributed by atoms with E-state index in [1.54, 1.807) is 0 Å². The Kier molecular flexibility index (Phi) is 5.04. The van der Waals surface area contributed by atoms with E-state index in [0.717, 1.165) is 29.3 Å². The number of carbonyl (C=O) groups is 1. The Morgan fingerprint density at radius 2 is 1.96 bits per heavy atom. The maximum Gasteiger partial charge on any atom is 0.190 e. The number of aromatic nitrogens is 2. The molecule has 0 aliphatic heterocycles. The van der Waals surface area contributed by atoms with E-state index in [1.165, 1.54) is 23.9 Å². The van der Waals surface area contributed by atoms with Crippen LogP contribution in [0.25, 0.3) is 10.9 Å². The minimum Gasteiger partial charge on any atom is -0.508 e. The van der Waals surface area contributed by atoms with Crippen molar-refractivity contribution in [3.63, 3.8) is 0 Å². The van der Waals surface area contributed by atoms with Crippen LogP contribution in [-0.2, 0) is 0 Å². The molecule has 25 heavy (non-hydrogen) atoms. The van der Waals surface area contributed by atoms with Gasteiger partial charge in [-0.25, -0.2) is 9.97 Å². The molecule has 0 saturated carbocycles. The van der Waals surface area contributed by atoms with Gasteiger partial charge in [0, 0.05) is 18.0 Å². The van der Waals surface area contributed by atoms with Gasteiger partial charge in [-0.15, -0.1) is 0 Å². The topological polar surface area (TPSA) is 95.3 Å². The first kappa shape index (κ1) is 17.0. The Bertz CT molecular complexity index is 931. The summed E-state index contributed by atoms with van der Waals surface area (Å²) in [6, 6.07) is 11.6. The molecule has 1 aromatic heterocycles. The van der Waals surface area contributed by atoms with Crippen molar-refractivity contribution < 1.29 is 15.0 Å². The first-order valence-corrected chi connectivity index (χ1v) is 8.75. The molecule has 0 aliphatic carbocycles. The van der Waals surface area contributed by atoms with Crippen molar-refractivity contribution in [2.24, 2.45) is 0 Å². The van der Waals surface area contributed by atoms with Gasteiger partial charge in [-0.1, -0.05) is 23.9 Å². The predicted molar refractivity (Wildman–Crippen MR) is 98.5 cm³/mol. The Labute approximate surface area is 148 Å². The third-order valence-electron chi connectivity index (χ3n) is 3.54. The van der Waals surface area contributed by atoms with Gasteiger partial charge in [0.25, 0.3) is 0 Å². The molecule has 0 saturated heterocycles. The average Bonchev–Trinajstić information content (AvgIpc) is 2.60. The number of Topliss-reactive ketones (excluding diaryl/α,β-unsaturated/α-hetero) is 1. The first-order valence-electron chi connectivity index (χ1n) is 7.77. The molecule has 3 N–H and O–H groups in total. The Morgan fingerprint density at radius 3 is 2.72 bits per heavy atom. The van der Waals surface area contributed by atoms with E-state index in [2.05, 4.69) is 15.3 Å². The van der Waals surface area contributed by atoms with Crippen LogP contribution in [0.5, 0.6) is 11.5 Å². The molecule has 0 unspecified atom stereocenters. The summed E-state index contributed by atoms with van der Waals surface area (Å²) in [6.07, 6.45) is 0. The number of carbonyl (C=O) groups excluding carboxylic acids is 1. The highest BCUT2D eigenvalue weighted by Gasteiger charge is 2.14. The van der Waals surface area contributed by atoms with Gasteiger partial charge in [0.2, 0.25) is 0 Å². The van der Waals surface area contributed by atoms with E-state index in [9.17, 15) is 15.0 Å². The predicted octanol–water partition coefficient (Wildman–Crippen LogP) is 3.45. The number of para-hydroxylation sites is 1. The molecule has 7 heteroatoms. The van der Waals surface area contributed by atoms with Crippen molar-refractivity contribution in [1.82, 2.24) is 9.97 Å². The second-order valence-corrected chi connectivity index (χ2v) is 6.26. The van der Waals surface area contributed by atoms with E-state index >= 15 is 0 Å². The van der Waals surface area contributed by atoms with Gasteiger partial charge in [-0.05, 0) is 31.2 Å². The molecule has 0 fully saturated rings. The van der Waals surface area contributed by atoms with Crippen LogP contribution in [-0.4, -0.2) is 38.3 Å². The zero-order valence-electron chi connectivity index (χ0n) is 13.6. The Hall–Kier alpha value is -2.80. The van der Waals surface area contributed by atoms with Crippen molar-refractivity contribution in [3.8, 4) is 11.5 Å². The monoisotopic (exact) mass is 355 g/mol. The van der Waals surface area contributed by atoms with Crippen molar-refractivity contribution in [2.45, 2.75) is 12.1 Å². The largest absolute Gasteiger partial charge is 0.508 e. The summed E-state index contributed by atoms with van der Waals surface area (Å²) in [5, 5.41) is 23.7. The first-order chi connectivity index (χ1) is 12.1. The number of anilines is 1. The third-order valence-corrected chi connectivity index (χ3v) is 4.39. The van der Waals surface area contributed by atoms with Gasteiger partial charge >= 0.3 is 0 Å². The molecule has 3 rings (SSSR count). The molecule has 0 atom stereocenters. The van der Waals surface area contributed by atoms with E-state index in [1.807, 2.05) is 31.2 Å². The third kappa shape index (κ3) is 3.83. The van der Waals surface area contributed by atoms with Crippen LogP contribution in [0, 0.1) is 0 Å². The number of ketones is 1. The van der Waals surface area contributed by atoms with E-state index in [0.29, 0.717) is 5.16 Å². The van der Waals surface area contributed by atoms with Crippen LogP contribution in [0.15, 0.2) is 47.6 Å². The summed E-state index contributed by atoms with van der Waals surface area (Å²) in [5.74, 6) is 0.232. The highest BCUT2D eigenvalue weighted by Crippen LogP contribution is 2.27. The summed E-state index contributed by atoms with van der Waals surface area (Å²) in [7, 11) is 0. The second kappa shape index (κ2) is 7.40. The molecule has 6 nitrogen and oxygen atoms in total. The SMILES string of the molecule is CCNc1nc(SCC(=O)c2ccc(O)cc2O)nc2ccccc12. The standard InChI is InChI=1S/C18H17N3O3S/c1-2-19-17-12-5-3-4-6-14(12)20-18(21-17)25-10-16(24)13-8-7-11(22)9-15(13)23/h3-9,22-23H,2,10H2,1H3,(H,19,20,21). The summed E-state index contributed by atoms with van der Waals surface area (Å²) in [5.41, 5.74) is 0.967. The lowest BCUT2D eigenvalue weighted by Gasteiger charge is -2.09. The Morgan fingerprint density at radius 1 is 1.16 bits per heavy atom. The molecule has 0 aliphatic rings. The van der Waals surface area contributed by atoms with Crippen LogP contribution < -0.4 is 5.32 Å². The number of nitrogens with zero attached hydrogens (tertiary/aromatic N) is 2. The van der Waals surface area contributed by atoms with Crippen LogP contribution in [0.4, 0.5) is 5.82 Å². The van der Waals surface area contributed by atoms with E-state index in [-0.39, 0.29) is 28.6 Å². The minimum atomic E-state index is -0.260. The lowest BCUT2D eigenvalue weighted by Crippen LogP contribution is -2.05. The van der Waals surface area contributed by atoms with Crippen LogP contribution in [0.1, 0.15) is 17.3 Å². The van der Waals surface area contributed by atoms with Gasteiger partial charge < -0.3 is 15.5 Å². The zero-order chi connectivity index (χ0) is 17.8. The van der Waals surface area contributed by atoms with Crippen LogP contribution >= 0.6 is 11.8 Å². The molecule has 2 aromatic carbocycles. The van der Waals surface area contributed by atoms with E-state index < -0.39 is 0 Å². The summed E-state index contributed by atoms with van der Waals surface area (Å²) in [4.78, 5) is 21.2. The smallest absolute Gasteiger partial charge is 0.190 e. The molecule has 0 amide bonds. The van der Waals surface area contributed by atoms with Crippen molar-refractivity contribution in [2.75, 3.05) is 17.6 Å². The highest BCUT2D eigenvalue weighted by molar-refractivity contribution is 7.99. The number of hydrogen-bond acceptors (Lipinski definition) is 7. The highest BCUT2D eigenvalue weighted by atomic mass is 32.2. The van der Waals surface area contributed by atoms with Gasteiger partial charge in [0.05, 0.1) is 16.8 Å². The van der Waals surface area contributed by atoms with E-state index in [4.69, 9.17) is 0 Å². The minimum absolute atomic E-state index is 0.0856. The molecular formula is C18H17N3O3S. The Balaban J connectivity index is 1.82. The zero-order valence-corrected chi connectivity index (χ0v) is 14.4. The molecule has 1 heterocycles. The fraction of sp³-hybridized carbons (Fsp3) is 0.167. The average molecular weight is 355 g/mol. The molecular weight excluding hydrogens is 338 g/mol. The van der Waals surface area contributed by atoms with Gasteiger partial charge in [0.15, 0.2) is 10.9 Å². The second-order valence-electron chi connectivity index (χ2n) is 5.32. The maximum absolute atomic E-state index is 12.3. The molecule has 3 aromatic rings. The van der Waals surface area contributed by atoms with Crippen molar-refractivity contribution >= 4 is 34.3 Å². The van der Waals surface area contributed by atoms with Gasteiger partial charge in [0.1, 0.15) is 17.3 Å². The number of nitrogens with one attached hydrogen (secondary N) is 1. The lowest BCUT2D eigenvalue weighted by atomic mass is 10.1. The van der Waals surface area contributed by atoms with Crippen LogP contribution in [0.3, 0.4) is 0 Å². The fourth-order valence-electron chi connectivity index (χ4n) is 2.39. The number of phenols is 2. The molecule has 0 bridgehead atoms. The summed E-state index contributed by atoms with van der Waals surface area (Å²) < 4.78 is 0. The molecule has 128 valence electrons.